The molecule has 0 aliphatic heterocycles. The van der Waals surface area contributed by atoms with E-state index < -0.39 is 11.9 Å². The molecule has 0 spiro atoms. The number of hydrogen-bond acceptors (Lipinski definition) is 3. The van der Waals surface area contributed by atoms with Crippen molar-refractivity contribution in [3.05, 3.63) is 78.1 Å². The van der Waals surface area contributed by atoms with E-state index in [0.29, 0.717) is 23.4 Å². The molecule has 3 aromatic rings. The van der Waals surface area contributed by atoms with Crippen molar-refractivity contribution in [1.29, 1.82) is 0 Å². The van der Waals surface area contributed by atoms with E-state index in [1.54, 1.807) is 41.2 Å². The third-order valence-electron chi connectivity index (χ3n) is 4.72. The number of imidazole rings is 1. The van der Waals surface area contributed by atoms with Gasteiger partial charge in [-0.2, -0.15) is 0 Å². The molecule has 3 rings (SSSR count). The van der Waals surface area contributed by atoms with Crippen molar-refractivity contribution in [1.82, 2.24) is 14.9 Å². The van der Waals surface area contributed by atoms with E-state index in [-0.39, 0.29) is 17.7 Å². The molecular formula is C23H25FN4O2. The number of aryl methyl sites for hydroxylation is 1. The van der Waals surface area contributed by atoms with Gasteiger partial charge >= 0.3 is 0 Å². The number of benzene rings is 2. The molecule has 2 N–H and O–H groups in total. The van der Waals surface area contributed by atoms with Crippen molar-refractivity contribution in [2.75, 3.05) is 5.32 Å². The van der Waals surface area contributed by atoms with E-state index in [1.807, 2.05) is 32.9 Å². The fourth-order valence-electron chi connectivity index (χ4n) is 3.19. The molecule has 6 nitrogen and oxygen atoms in total. The molecule has 30 heavy (non-hydrogen) atoms. The van der Waals surface area contributed by atoms with Crippen LogP contribution in [0.25, 0.3) is 5.69 Å². The fraction of sp³-hybridized carbons (Fsp3) is 0.261. The average molecular weight is 408 g/mol. The molecule has 1 unspecified atom stereocenters. The zero-order valence-corrected chi connectivity index (χ0v) is 17.2. The van der Waals surface area contributed by atoms with Crippen LogP contribution in [0.3, 0.4) is 0 Å². The molecule has 1 heterocycles. The van der Waals surface area contributed by atoms with Gasteiger partial charge < -0.3 is 15.2 Å². The second kappa shape index (κ2) is 9.35. The zero-order valence-electron chi connectivity index (χ0n) is 17.2. The lowest BCUT2D eigenvalue weighted by Gasteiger charge is -2.21. The summed E-state index contributed by atoms with van der Waals surface area (Å²) < 4.78 is 16.0. The highest BCUT2D eigenvalue weighted by molar-refractivity contribution is 6.01. The van der Waals surface area contributed by atoms with E-state index in [1.165, 1.54) is 12.4 Å². The molecule has 0 radical (unpaired) electrons. The van der Waals surface area contributed by atoms with Crippen LogP contribution in [0, 0.1) is 18.7 Å². The third-order valence-corrected chi connectivity index (χ3v) is 4.72. The Kier molecular flexibility index (Phi) is 6.61. The van der Waals surface area contributed by atoms with Crippen molar-refractivity contribution in [3.8, 4) is 5.69 Å². The summed E-state index contributed by atoms with van der Waals surface area (Å²) in [4.78, 5) is 29.5. The van der Waals surface area contributed by atoms with Crippen molar-refractivity contribution < 1.29 is 14.0 Å². The Morgan fingerprint density at radius 1 is 1.17 bits per heavy atom. The van der Waals surface area contributed by atoms with Gasteiger partial charge in [0.25, 0.3) is 5.91 Å². The molecule has 0 bridgehead atoms. The largest absolute Gasteiger partial charge is 0.340 e. The predicted octanol–water partition coefficient (Wildman–Crippen LogP) is 4.10. The summed E-state index contributed by atoms with van der Waals surface area (Å²) in [5, 5.41) is 5.53. The Hall–Kier alpha value is -3.48. The molecule has 156 valence electrons. The number of halogens is 1. The summed E-state index contributed by atoms with van der Waals surface area (Å²) >= 11 is 0. The van der Waals surface area contributed by atoms with E-state index in [9.17, 15) is 14.0 Å². The number of carbonyl (C=O) groups excluding carboxylic acids is 2. The lowest BCUT2D eigenvalue weighted by Crippen LogP contribution is -2.44. The standard InChI is InChI=1S/C23H25FN4O2/c1-15(2)12-20(27-22(29)18-7-5-4-6-16(18)3)23(30)26-17-8-9-21(19(24)13-17)28-11-10-25-14-28/h4-11,13-15,20H,12H2,1-3H3,(H,26,30)(H,27,29). The zero-order chi connectivity index (χ0) is 21.7. The van der Waals surface area contributed by atoms with E-state index in [0.717, 1.165) is 5.56 Å². The monoisotopic (exact) mass is 408 g/mol. The van der Waals surface area contributed by atoms with E-state index in [2.05, 4.69) is 15.6 Å². The average Bonchev–Trinajstić information content (AvgIpc) is 3.22. The highest BCUT2D eigenvalue weighted by Crippen LogP contribution is 2.19. The summed E-state index contributed by atoms with van der Waals surface area (Å²) in [6.45, 7) is 5.79. The van der Waals surface area contributed by atoms with Crippen molar-refractivity contribution in [2.24, 2.45) is 5.92 Å². The summed E-state index contributed by atoms with van der Waals surface area (Å²) in [7, 11) is 0. The summed E-state index contributed by atoms with van der Waals surface area (Å²) in [5.41, 5.74) is 2.00. The highest BCUT2D eigenvalue weighted by atomic mass is 19.1. The number of carbonyl (C=O) groups is 2. The maximum absolute atomic E-state index is 14.5. The highest BCUT2D eigenvalue weighted by Gasteiger charge is 2.23. The molecule has 0 aliphatic carbocycles. The maximum atomic E-state index is 14.5. The fourth-order valence-corrected chi connectivity index (χ4v) is 3.19. The Labute approximate surface area is 175 Å². The van der Waals surface area contributed by atoms with Gasteiger partial charge in [0.2, 0.25) is 5.91 Å². The van der Waals surface area contributed by atoms with Gasteiger partial charge in [-0.25, -0.2) is 9.37 Å². The summed E-state index contributed by atoms with van der Waals surface area (Å²) in [6.07, 6.45) is 5.15. The van der Waals surface area contributed by atoms with Gasteiger partial charge in [0.15, 0.2) is 0 Å². The molecule has 1 aromatic heterocycles. The van der Waals surface area contributed by atoms with E-state index >= 15 is 0 Å². The van der Waals surface area contributed by atoms with Crippen LogP contribution < -0.4 is 10.6 Å². The minimum atomic E-state index is -0.742. The summed E-state index contributed by atoms with van der Waals surface area (Å²) in [6, 6.07) is 10.9. The molecule has 0 saturated carbocycles. The Morgan fingerprint density at radius 2 is 1.93 bits per heavy atom. The quantitative estimate of drug-likeness (QED) is 0.618. The van der Waals surface area contributed by atoms with Gasteiger partial charge in [-0.3, -0.25) is 9.59 Å². The second-order valence-electron chi connectivity index (χ2n) is 7.60. The Morgan fingerprint density at radius 3 is 2.57 bits per heavy atom. The van der Waals surface area contributed by atoms with E-state index in [4.69, 9.17) is 0 Å². The Balaban J connectivity index is 1.75. The minimum absolute atomic E-state index is 0.179. The summed E-state index contributed by atoms with van der Waals surface area (Å²) in [5.74, 6) is -1.01. The minimum Gasteiger partial charge on any atom is -0.340 e. The molecule has 0 saturated heterocycles. The van der Waals surface area contributed by atoms with Gasteiger partial charge in [0.1, 0.15) is 11.9 Å². The smallest absolute Gasteiger partial charge is 0.252 e. The second-order valence-corrected chi connectivity index (χ2v) is 7.60. The molecule has 2 aromatic carbocycles. The SMILES string of the molecule is Cc1ccccc1C(=O)NC(CC(C)C)C(=O)Nc1ccc(-n2ccnc2)c(F)c1. The molecule has 0 aliphatic rings. The van der Waals surface area contributed by atoms with Gasteiger partial charge in [-0.05, 0) is 49.1 Å². The number of rotatable bonds is 7. The molecule has 2 amide bonds. The first-order valence-electron chi connectivity index (χ1n) is 9.80. The topological polar surface area (TPSA) is 76.0 Å². The van der Waals surface area contributed by atoms with Crippen LogP contribution in [-0.2, 0) is 4.79 Å². The predicted molar refractivity (Wildman–Crippen MR) is 114 cm³/mol. The third kappa shape index (κ3) is 5.11. The maximum Gasteiger partial charge on any atom is 0.252 e. The van der Waals surface area contributed by atoms with Crippen LogP contribution in [0.15, 0.2) is 61.2 Å². The molecule has 0 fully saturated rings. The van der Waals surface area contributed by atoms with Crippen LogP contribution in [0.2, 0.25) is 0 Å². The first-order valence-corrected chi connectivity index (χ1v) is 9.80. The molecule has 1 atom stereocenters. The lowest BCUT2D eigenvalue weighted by molar-refractivity contribution is -0.118. The van der Waals surface area contributed by atoms with Crippen LogP contribution in [-0.4, -0.2) is 27.4 Å². The first-order chi connectivity index (χ1) is 14.3. The number of hydrogen-bond donors (Lipinski definition) is 2. The Bertz CT molecular complexity index is 1030. The number of anilines is 1. The van der Waals surface area contributed by atoms with Gasteiger partial charge in [0.05, 0.1) is 12.0 Å². The first kappa shape index (κ1) is 21.2. The number of amides is 2. The van der Waals surface area contributed by atoms with Crippen LogP contribution in [0.4, 0.5) is 10.1 Å². The van der Waals surface area contributed by atoms with Crippen LogP contribution in [0.1, 0.15) is 36.2 Å². The van der Waals surface area contributed by atoms with Gasteiger partial charge in [0, 0.05) is 23.6 Å². The molecule has 7 heteroatoms. The number of nitrogens with zero attached hydrogens (tertiary/aromatic N) is 2. The number of nitrogens with one attached hydrogen (secondary N) is 2. The van der Waals surface area contributed by atoms with Crippen molar-refractivity contribution in [2.45, 2.75) is 33.2 Å². The number of aromatic nitrogens is 2. The van der Waals surface area contributed by atoms with Gasteiger partial charge in [-0.15, -0.1) is 0 Å². The normalized spacial score (nSPS) is 11.9. The molecular weight excluding hydrogens is 383 g/mol. The van der Waals surface area contributed by atoms with Gasteiger partial charge in [-0.1, -0.05) is 32.0 Å². The van der Waals surface area contributed by atoms with Crippen LogP contribution >= 0.6 is 0 Å². The van der Waals surface area contributed by atoms with Crippen molar-refractivity contribution in [3.63, 3.8) is 0 Å². The van der Waals surface area contributed by atoms with Crippen molar-refractivity contribution >= 4 is 17.5 Å². The lowest BCUT2D eigenvalue weighted by atomic mass is 10.0. The van der Waals surface area contributed by atoms with Crippen LogP contribution in [0.5, 0.6) is 0 Å².